The lowest BCUT2D eigenvalue weighted by Crippen LogP contribution is -1.93. The molecule has 0 aliphatic rings. The number of rotatable bonds is 5. The maximum Gasteiger partial charge on any atom is 0.0629 e. The molecule has 0 N–H and O–H groups in total. The second-order valence-electron chi connectivity index (χ2n) is 13.9. The second kappa shape index (κ2) is 13.0. The van der Waals surface area contributed by atoms with E-state index in [-0.39, 0.29) is 22.3 Å². The van der Waals surface area contributed by atoms with Crippen molar-refractivity contribution in [2.45, 2.75) is 0 Å². The Kier molecular flexibility index (Phi) is 3.98. The summed E-state index contributed by atoms with van der Waals surface area (Å²) in [6, 6.07) is 10.6. The normalized spacial score (nSPS) is 17.1. The van der Waals surface area contributed by atoms with Crippen LogP contribution in [-0.4, -0.2) is 0 Å². The summed E-state index contributed by atoms with van der Waals surface area (Å²) in [5, 5.41) is 3.15. The van der Waals surface area contributed by atoms with Gasteiger partial charge in [0.1, 0.15) is 0 Å². The minimum Gasteiger partial charge on any atom is -0.0616 e. The number of fused-ring (bicyclic) bond motifs is 3. The smallest absolute Gasteiger partial charge is 0.0616 e. The second-order valence-corrected chi connectivity index (χ2v) is 13.9. The molecule has 0 nitrogen and oxygen atoms in total. The Morgan fingerprint density at radius 2 is 0.759 bits per heavy atom. The highest BCUT2D eigenvalue weighted by atomic mass is 14.2. The van der Waals surface area contributed by atoms with E-state index in [9.17, 15) is 11.0 Å². The van der Waals surface area contributed by atoms with Crippen LogP contribution in [0, 0.1) is 0 Å². The van der Waals surface area contributed by atoms with Gasteiger partial charge >= 0.3 is 0 Å². The fraction of sp³-hybridized carbons (Fsp3) is 0. The van der Waals surface area contributed by atoms with Crippen molar-refractivity contribution >= 4 is 64.6 Å². The SMILES string of the molecule is [2H]c1c([2H])c(-c2c([2H])c([2H])c([2H])c3c([2H])c([2H])c([2H])c([2H])c23)c([2H])c([2H])c1-c1cc2ccc(-c3ccc4ccccc4c3)c3cc(-c4c([2H])c([2H])c(-c5c([2H])c([2H])c([2H])c6c([2H])c([2H])c([2H])c([2H])c56)c([2H])c4[2H])c4cccc1c4c23. The van der Waals surface area contributed by atoms with E-state index in [0.717, 1.165) is 16.3 Å². The Morgan fingerprint density at radius 1 is 0.241 bits per heavy atom. The minimum atomic E-state index is -0.756. The molecule has 268 valence electrons. The molecule has 0 spiro atoms. The van der Waals surface area contributed by atoms with E-state index < -0.39 is 177 Å². The highest BCUT2D eigenvalue weighted by molar-refractivity contribution is 6.31. The molecule has 12 aromatic carbocycles. The van der Waals surface area contributed by atoms with Crippen LogP contribution in [0.25, 0.3) is 120 Å². The molecule has 0 amide bonds. The minimum absolute atomic E-state index is 0.178. The van der Waals surface area contributed by atoms with Crippen LogP contribution in [0.1, 0.15) is 30.2 Å². The summed E-state index contributed by atoms with van der Waals surface area (Å²) in [5.41, 5.74) is -0.624. The molecule has 0 saturated heterocycles. The molecule has 0 fully saturated rings. The summed E-state index contributed by atoms with van der Waals surface area (Å²) < 4.78 is 198. The Morgan fingerprint density at radius 3 is 1.38 bits per heavy atom. The molecular formula is C58H36. The third-order valence-corrected chi connectivity index (χ3v) is 10.7. The van der Waals surface area contributed by atoms with Crippen molar-refractivity contribution in [3.63, 3.8) is 0 Å². The first-order valence-corrected chi connectivity index (χ1v) is 18.4. The predicted molar refractivity (Wildman–Crippen MR) is 250 cm³/mol. The maximum atomic E-state index is 9.75. The molecule has 0 saturated carbocycles. The van der Waals surface area contributed by atoms with Crippen LogP contribution in [0.3, 0.4) is 0 Å². The third-order valence-electron chi connectivity index (χ3n) is 10.7. The van der Waals surface area contributed by atoms with E-state index in [4.69, 9.17) is 19.2 Å². The highest BCUT2D eigenvalue weighted by Gasteiger charge is 2.20. The van der Waals surface area contributed by atoms with Gasteiger partial charge in [-0.15, -0.1) is 0 Å². The standard InChI is InChI=1S/C58H36/c1-2-13-44-34-45(31-22-37(44)10-1)51-33-32-46-35-54(42-27-23-40(24-28-42)49-18-7-14-38-11-3-5-16-47(38)49)52-20-9-21-53-55(36-56(51)57(46)58(52)53)43-29-25-41(26-30-43)50-19-8-15-39-12-4-6-17-48(39)50/h1-36H/i3D,4D,5D,6D,7D,8D,11D,12D,14D,15D,16D,17D,18D,19D,23D,24D,25D,26D,27D,28D,29D,30D. The monoisotopic (exact) mass is 754 g/mol. The summed E-state index contributed by atoms with van der Waals surface area (Å²) in [5.74, 6) is 0. The van der Waals surface area contributed by atoms with Crippen LogP contribution in [0.15, 0.2) is 218 Å². The quantitative estimate of drug-likeness (QED) is 0.154. The van der Waals surface area contributed by atoms with Crippen LogP contribution in [-0.2, 0) is 0 Å². The van der Waals surface area contributed by atoms with Crippen LogP contribution < -0.4 is 0 Å². The Labute approximate surface area is 368 Å². The first-order valence-electron chi connectivity index (χ1n) is 29.4. The zero-order valence-electron chi connectivity index (χ0n) is 52.1. The van der Waals surface area contributed by atoms with Gasteiger partial charge in [0.15, 0.2) is 0 Å². The first kappa shape index (κ1) is 17.7. The Bertz CT molecular complexity index is 4760. The Balaban J connectivity index is 1.19. The van der Waals surface area contributed by atoms with Crippen molar-refractivity contribution in [3.05, 3.63) is 218 Å². The van der Waals surface area contributed by atoms with E-state index in [2.05, 4.69) is 0 Å². The van der Waals surface area contributed by atoms with E-state index in [1.165, 1.54) is 0 Å². The topological polar surface area (TPSA) is 0 Å². The highest BCUT2D eigenvalue weighted by Crippen LogP contribution is 2.47. The molecule has 58 heavy (non-hydrogen) atoms. The summed E-state index contributed by atoms with van der Waals surface area (Å²) in [6.45, 7) is 0. The van der Waals surface area contributed by atoms with Crippen molar-refractivity contribution in [2.75, 3.05) is 0 Å². The lowest BCUT2D eigenvalue weighted by Gasteiger charge is -2.20. The fourth-order valence-corrected chi connectivity index (χ4v) is 8.08. The molecule has 0 heterocycles. The van der Waals surface area contributed by atoms with Gasteiger partial charge in [-0.1, -0.05) is 200 Å². The molecule has 0 bridgehead atoms. The van der Waals surface area contributed by atoms with Crippen LogP contribution in [0.4, 0.5) is 0 Å². The average Bonchev–Trinajstić information content (AvgIpc) is 3.64. The maximum absolute atomic E-state index is 9.75. The van der Waals surface area contributed by atoms with E-state index >= 15 is 0 Å². The summed E-state index contributed by atoms with van der Waals surface area (Å²) in [6.07, 6.45) is 0. The molecule has 12 aromatic rings. The molecule has 0 aromatic heterocycles. The van der Waals surface area contributed by atoms with Gasteiger partial charge in [-0.05, 0) is 138 Å². The van der Waals surface area contributed by atoms with Crippen LogP contribution in [0.5, 0.6) is 0 Å². The lowest BCUT2D eigenvalue weighted by atomic mass is 9.83. The van der Waals surface area contributed by atoms with Gasteiger partial charge in [-0.25, -0.2) is 0 Å². The zero-order chi connectivity index (χ0) is 57.3. The van der Waals surface area contributed by atoms with Gasteiger partial charge in [0.05, 0.1) is 30.2 Å². The summed E-state index contributed by atoms with van der Waals surface area (Å²) in [4.78, 5) is 0. The average molecular weight is 755 g/mol. The van der Waals surface area contributed by atoms with Gasteiger partial charge in [-0.2, -0.15) is 0 Å². The van der Waals surface area contributed by atoms with Gasteiger partial charge in [0, 0.05) is 0 Å². The van der Waals surface area contributed by atoms with Gasteiger partial charge in [0.25, 0.3) is 0 Å². The Hall–Kier alpha value is -7.54. The van der Waals surface area contributed by atoms with Crippen LogP contribution >= 0.6 is 0 Å². The molecule has 0 heteroatoms. The number of hydrogen-bond acceptors (Lipinski definition) is 0. The molecule has 0 radical (unpaired) electrons. The molecule has 0 atom stereocenters. The van der Waals surface area contributed by atoms with Crippen LogP contribution in [0.2, 0.25) is 0 Å². The largest absolute Gasteiger partial charge is 0.0629 e. The van der Waals surface area contributed by atoms with Gasteiger partial charge < -0.3 is 0 Å². The van der Waals surface area contributed by atoms with E-state index in [1.807, 2.05) is 54.6 Å². The van der Waals surface area contributed by atoms with E-state index in [1.54, 1.807) is 30.3 Å². The van der Waals surface area contributed by atoms with E-state index in [0.29, 0.717) is 37.9 Å². The van der Waals surface area contributed by atoms with Gasteiger partial charge in [-0.3, -0.25) is 0 Å². The molecule has 0 unspecified atom stereocenters. The molecule has 0 aliphatic carbocycles. The number of hydrogen-bond donors (Lipinski definition) is 0. The van der Waals surface area contributed by atoms with Gasteiger partial charge in [0.2, 0.25) is 0 Å². The van der Waals surface area contributed by atoms with Crippen molar-refractivity contribution in [3.8, 4) is 55.6 Å². The summed E-state index contributed by atoms with van der Waals surface area (Å²) in [7, 11) is 0. The fourth-order valence-electron chi connectivity index (χ4n) is 8.08. The molecular weight excluding hydrogens is 697 g/mol. The molecule has 0 aliphatic heterocycles. The first-order chi connectivity index (χ1) is 37.9. The number of benzene rings is 12. The van der Waals surface area contributed by atoms with Crippen molar-refractivity contribution in [2.24, 2.45) is 0 Å². The zero-order valence-corrected chi connectivity index (χ0v) is 30.1. The lowest BCUT2D eigenvalue weighted by molar-refractivity contribution is 1.62. The van der Waals surface area contributed by atoms with Crippen molar-refractivity contribution < 1.29 is 30.2 Å². The predicted octanol–water partition coefficient (Wildman–Crippen LogP) is 16.4. The van der Waals surface area contributed by atoms with Crippen molar-refractivity contribution in [1.82, 2.24) is 0 Å². The third kappa shape index (κ3) is 5.16. The van der Waals surface area contributed by atoms with Crippen molar-refractivity contribution in [1.29, 1.82) is 0 Å². The molecule has 12 rings (SSSR count). The summed E-state index contributed by atoms with van der Waals surface area (Å²) >= 11 is 0.